The lowest BCUT2D eigenvalue weighted by molar-refractivity contribution is -0.185. The molecule has 2 saturated heterocycles. The highest BCUT2D eigenvalue weighted by Gasteiger charge is 2.42. The molecule has 0 radical (unpaired) electrons. The van der Waals surface area contributed by atoms with Crippen molar-refractivity contribution >= 4 is 0 Å². The summed E-state index contributed by atoms with van der Waals surface area (Å²) in [5.41, 5.74) is -1.65. The monoisotopic (exact) mass is 518 g/mol. The lowest BCUT2D eigenvalue weighted by Gasteiger charge is -2.46. The zero-order chi connectivity index (χ0) is 25.9. The summed E-state index contributed by atoms with van der Waals surface area (Å²) < 4.78 is 89.9. The molecule has 1 aromatic heterocycles. The number of ether oxygens (including phenoxy) is 2. The molecular weight excluding hydrogens is 490 g/mol. The van der Waals surface area contributed by atoms with Crippen molar-refractivity contribution < 1.29 is 40.7 Å². The van der Waals surface area contributed by atoms with Crippen LogP contribution in [0.5, 0.6) is 17.4 Å². The number of hydroxylamine groups is 2. The predicted molar refractivity (Wildman–Crippen MR) is 119 cm³/mol. The second kappa shape index (κ2) is 10.7. The molecule has 3 atom stereocenters. The summed E-state index contributed by atoms with van der Waals surface area (Å²) in [7, 11) is 0. The number of fused-ring (bicyclic) bond motifs is 2. The van der Waals surface area contributed by atoms with Crippen LogP contribution in [-0.2, 0) is 12.4 Å². The summed E-state index contributed by atoms with van der Waals surface area (Å²) in [4.78, 5) is 9.69. The number of unbranched alkanes of at least 4 members (excludes halogenated alkanes) is 1. The van der Waals surface area contributed by atoms with Gasteiger partial charge in [0, 0.05) is 37.2 Å². The lowest BCUT2D eigenvalue weighted by Crippen LogP contribution is -2.55. The van der Waals surface area contributed by atoms with E-state index in [1.54, 1.807) is 5.06 Å². The van der Waals surface area contributed by atoms with Gasteiger partial charge in [-0.15, -0.1) is 5.06 Å². The highest BCUT2D eigenvalue weighted by molar-refractivity contribution is 5.44. The van der Waals surface area contributed by atoms with Gasteiger partial charge in [0.05, 0.1) is 17.7 Å². The van der Waals surface area contributed by atoms with Gasteiger partial charge in [0.2, 0.25) is 5.88 Å². The number of hydrogen-bond acceptors (Lipinski definition) is 5. The van der Waals surface area contributed by atoms with E-state index in [1.165, 1.54) is 12.1 Å². The molecule has 5 nitrogen and oxygen atoms in total. The SMILES string of the molecule is CCCCOc1cc(C(F)(F)F)ccc1O[C@H]1C[C@H]2CCC[C@@H](C1)N2Oc1ccc(C(F)(F)F)cn1. The Morgan fingerprint density at radius 2 is 1.58 bits per heavy atom. The molecule has 0 aliphatic carbocycles. The van der Waals surface area contributed by atoms with Crippen LogP contribution in [0.3, 0.4) is 0 Å². The first-order valence-corrected chi connectivity index (χ1v) is 12.0. The fraction of sp³-hybridized carbons (Fsp3) is 0.560. The van der Waals surface area contributed by atoms with Crippen molar-refractivity contribution in [3.8, 4) is 17.4 Å². The Labute approximate surface area is 205 Å². The third kappa shape index (κ3) is 6.35. The van der Waals surface area contributed by atoms with Gasteiger partial charge in [0.1, 0.15) is 6.10 Å². The summed E-state index contributed by atoms with van der Waals surface area (Å²) in [6, 6.07) is 5.25. The molecule has 2 aromatic rings. The highest BCUT2D eigenvalue weighted by Crippen LogP contribution is 2.40. The van der Waals surface area contributed by atoms with Crippen LogP contribution < -0.4 is 14.3 Å². The van der Waals surface area contributed by atoms with E-state index in [2.05, 4.69) is 4.98 Å². The van der Waals surface area contributed by atoms with Crippen molar-refractivity contribution in [2.75, 3.05) is 6.61 Å². The van der Waals surface area contributed by atoms with E-state index in [-0.39, 0.29) is 42.2 Å². The number of rotatable bonds is 8. The number of pyridine rings is 1. The number of aromatic nitrogens is 1. The van der Waals surface area contributed by atoms with Gasteiger partial charge < -0.3 is 14.3 Å². The molecule has 3 heterocycles. The maximum atomic E-state index is 13.2. The molecule has 4 rings (SSSR count). The van der Waals surface area contributed by atoms with Crippen LogP contribution in [0.1, 0.15) is 63.0 Å². The normalized spacial score (nSPS) is 22.8. The molecule has 0 spiro atoms. The Hall–Kier alpha value is -2.69. The standard InChI is InChI=1S/C25H28F6N2O3/c1-2-3-11-34-22-12-16(24(26,27)28)7-9-21(22)35-20-13-18-5-4-6-19(14-20)33(18)36-23-10-8-17(15-32-23)25(29,30)31/h7-10,12,15,18-20H,2-6,11,13-14H2,1H3/t18-,19+,20+. The zero-order valence-corrected chi connectivity index (χ0v) is 19.7. The van der Waals surface area contributed by atoms with Crippen molar-refractivity contribution in [1.82, 2.24) is 10.0 Å². The van der Waals surface area contributed by atoms with Crippen LogP contribution in [0, 0.1) is 0 Å². The predicted octanol–water partition coefficient (Wildman–Crippen LogP) is 7.06. The van der Waals surface area contributed by atoms with Crippen LogP contribution in [0.25, 0.3) is 0 Å². The number of alkyl halides is 6. The van der Waals surface area contributed by atoms with E-state index in [1.807, 2.05) is 6.92 Å². The Kier molecular flexibility index (Phi) is 7.87. The average Bonchev–Trinajstić information content (AvgIpc) is 2.80. The molecule has 2 bridgehead atoms. The first-order chi connectivity index (χ1) is 17.0. The molecule has 0 amide bonds. The van der Waals surface area contributed by atoms with Gasteiger partial charge >= 0.3 is 12.4 Å². The van der Waals surface area contributed by atoms with Crippen molar-refractivity contribution in [2.24, 2.45) is 0 Å². The van der Waals surface area contributed by atoms with Crippen LogP contribution in [0.2, 0.25) is 0 Å². The largest absolute Gasteiger partial charge is 0.490 e. The van der Waals surface area contributed by atoms with E-state index in [4.69, 9.17) is 14.3 Å². The minimum absolute atomic E-state index is 0.0644. The van der Waals surface area contributed by atoms with Gasteiger partial charge in [-0.05, 0) is 43.5 Å². The van der Waals surface area contributed by atoms with E-state index < -0.39 is 23.5 Å². The van der Waals surface area contributed by atoms with Crippen molar-refractivity contribution in [3.05, 3.63) is 47.7 Å². The third-order valence-corrected chi connectivity index (χ3v) is 6.45. The summed E-state index contributed by atoms with van der Waals surface area (Å²) >= 11 is 0. The minimum atomic E-state index is -4.49. The maximum absolute atomic E-state index is 13.2. The molecule has 2 fully saturated rings. The van der Waals surface area contributed by atoms with Crippen molar-refractivity contribution in [2.45, 2.75) is 82.4 Å². The fourth-order valence-electron chi connectivity index (χ4n) is 4.64. The smallest absolute Gasteiger partial charge is 0.417 e. The Balaban J connectivity index is 1.45. The first-order valence-electron chi connectivity index (χ1n) is 12.0. The molecule has 0 unspecified atom stereocenters. The molecule has 1 aromatic carbocycles. The molecular formula is C25H28F6N2O3. The van der Waals surface area contributed by atoms with Gasteiger partial charge in [-0.3, -0.25) is 0 Å². The number of piperidine rings is 2. The average molecular weight is 518 g/mol. The molecule has 2 aliphatic heterocycles. The minimum Gasteiger partial charge on any atom is -0.490 e. The van der Waals surface area contributed by atoms with E-state index in [0.29, 0.717) is 19.3 Å². The molecule has 0 N–H and O–H groups in total. The van der Waals surface area contributed by atoms with Gasteiger partial charge in [-0.2, -0.15) is 26.3 Å². The molecule has 11 heteroatoms. The molecule has 198 valence electrons. The second-order valence-electron chi connectivity index (χ2n) is 9.15. The van der Waals surface area contributed by atoms with Gasteiger partial charge in [-0.25, -0.2) is 4.98 Å². The number of nitrogens with zero attached hydrogens (tertiary/aromatic N) is 2. The van der Waals surface area contributed by atoms with E-state index >= 15 is 0 Å². The van der Waals surface area contributed by atoms with E-state index in [9.17, 15) is 26.3 Å². The van der Waals surface area contributed by atoms with Crippen LogP contribution >= 0.6 is 0 Å². The van der Waals surface area contributed by atoms with Crippen LogP contribution in [-0.4, -0.2) is 34.8 Å². The summed E-state index contributed by atoms with van der Waals surface area (Å²) in [5.74, 6) is 0.408. The Morgan fingerprint density at radius 1 is 0.917 bits per heavy atom. The van der Waals surface area contributed by atoms with Crippen LogP contribution in [0.15, 0.2) is 36.5 Å². The summed E-state index contributed by atoms with van der Waals surface area (Å²) in [6.45, 7) is 2.24. The first kappa shape index (κ1) is 26.4. The molecule has 36 heavy (non-hydrogen) atoms. The number of benzene rings is 1. The molecule has 0 saturated carbocycles. The Bertz CT molecular complexity index is 998. The van der Waals surface area contributed by atoms with Gasteiger partial charge in [0.15, 0.2) is 11.5 Å². The highest BCUT2D eigenvalue weighted by atomic mass is 19.4. The van der Waals surface area contributed by atoms with Gasteiger partial charge in [0.25, 0.3) is 0 Å². The zero-order valence-electron chi connectivity index (χ0n) is 19.7. The maximum Gasteiger partial charge on any atom is 0.417 e. The van der Waals surface area contributed by atoms with Gasteiger partial charge in [-0.1, -0.05) is 19.8 Å². The topological polar surface area (TPSA) is 43.8 Å². The van der Waals surface area contributed by atoms with E-state index in [0.717, 1.165) is 50.1 Å². The number of halogens is 6. The Morgan fingerprint density at radius 3 is 2.17 bits per heavy atom. The number of hydrogen-bond donors (Lipinski definition) is 0. The second-order valence-corrected chi connectivity index (χ2v) is 9.15. The fourth-order valence-corrected chi connectivity index (χ4v) is 4.64. The third-order valence-electron chi connectivity index (χ3n) is 6.45. The molecule has 2 aliphatic rings. The lowest BCUT2D eigenvalue weighted by atomic mass is 9.84. The van der Waals surface area contributed by atoms with Crippen molar-refractivity contribution in [1.29, 1.82) is 0 Å². The van der Waals surface area contributed by atoms with Crippen LogP contribution in [0.4, 0.5) is 26.3 Å². The summed E-state index contributed by atoms with van der Waals surface area (Å²) in [6.07, 6.45) is -3.31. The quantitative estimate of drug-likeness (QED) is 0.277. The van der Waals surface area contributed by atoms with Crippen molar-refractivity contribution in [3.63, 3.8) is 0 Å². The summed E-state index contributed by atoms with van der Waals surface area (Å²) in [5, 5.41) is 1.78.